The second kappa shape index (κ2) is 4.85. The second-order valence-corrected chi connectivity index (χ2v) is 7.29. The first-order valence-electron chi connectivity index (χ1n) is 8.15. The molecule has 0 saturated heterocycles. The van der Waals surface area contributed by atoms with E-state index in [-0.39, 0.29) is 12.6 Å². The van der Waals surface area contributed by atoms with E-state index in [0.29, 0.717) is 12.5 Å². The molecule has 1 atom stereocenters. The molecule has 4 aliphatic carbocycles. The van der Waals surface area contributed by atoms with E-state index in [4.69, 9.17) is 10.8 Å². The van der Waals surface area contributed by atoms with Crippen molar-refractivity contribution in [3.63, 3.8) is 0 Å². The molecule has 1 aromatic rings. The fourth-order valence-corrected chi connectivity index (χ4v) is 5.34. The van der Waals surface area contributed by atoms with E-state index in [1.54, 1.807) is 0 Å². The zero-order valence-electron chi connectivity index (χ0n) is 12.0. The first-order chi connectivity index (χ1) is 9.74. The molecule has 0 aliphatic heterocycles. The number of hydrogen-bond acceptors (Lipinski definition) is 3. The summed E-state index contributed by atoms with van der Waals surface area (Å²) in [5.74, 6) is 3.68. The van der Waals surface area contributed by atoms with Gasteiger partial charge in [0.1, 0.15) is 0 Å². The molecule has 0 spiro atoms. The molecule has 1 unspecified atom stereocenters. The molecule has 110 valence electrons. The highest BCUT2D eigenvalue weighted by molar-refractivity contribution is 5.11. The fraction of sp³-hybridized carbons (Fsp3) is 0.812. The number of hydrogen-bond donors (Lipinski definition) is 2. The lowest BCUT2D eigenvalue weighted by Crippen LogP contribution is -2.46. The van der Waals surface area contributed by atoms with Gasteiger partial charge in [-0.2, -0.15) is 5.10 Å². The van der Waals surface area contributed by atoms with E-state index in [2.05, 4.69) is 16.0 Å². The van der Waals surface area contributed by atoms with Gasteiger partial charge in [-0.05, 0) is 62.2 Å². The topological polar surface area (TPSA) is 64.1 Å². The summed E-state index contributed by atoms with van der Waals surface area (Å²) in [4.78, 5) is 0. The Morgan fingerprint density at radius 3 is 2.45 bits per heavy atom. The molecular weight excluding hydrogens is 250 g/mol. The van der Waals surface area contributed by atoms with Gasteiger partial charge in [-0.25, -0.2) is 0 Å². The van der Waals surface area contributed by atoms with Crippen molar-refractivity contribution in [2.75, 3.05) is 6.61 Å². The number of aliphatic hydroxyl groups is 1. The minimum absolute atomic E-state index is 0.0782. The minimum Gasteiger partial charge on any atom is -0.396 e. The number of rotatable bonds is 4. The van der Waals surface area contributed by atoms with E-state index in [0.717, 1.165) is 29.2 Å². The fourth-order valence-electron chi connectivity index (χ4n) is 5.34. The first kappa shape index (κ1) is 12.8. The van der Waals surface area contributed by atoms with Gasteiger partial charge in [-0.15, -0.1) is 0 Å². The Balaban J connectivity index is 1.56. The van der Waals surface area contributed by atoms with Crippen molar-refractivity contribution in [3.8, 4) is 0 Å². The molecule has 4 bridgehead atoms. The summed E-state index contributed by atoms with van der Waals surface area (Å²) in [6, 6.07) is 0.531. The highest BCUT2D eigenvalue weighted by Crippen LogP contribution is 2.58. The normalized spacial score (nSPS) is 40.2. The summed E-state index contributed by atoms with van der Waals surface area (Å²) in [7, 11) is 0. The smallest absolute Gasteiger partial charge is 0.0576 e. The number of nitrogens with two attached hydrogens (primary N) is 1. The van der Waals surface area contributed by atoms with Gasteiger partial charge >= 0.3 is 0 Å². The Morgan fingerprint density at radius 2 is 1.85 bits per heavy atom. The van der Waals surface area contributed by atoms with Crippen LogP contribution >= 0.6 is 0 Å². The van der Waals surface area contributed by atoms with E-state index in [9.17, 15) is 0 Å². The lowest BCUT2D eigenvalue weighted by Gasteiger charge is -2.54. The SMILES string of the molecule is NC(CCO)c1cnn(C2C3CC4CC(C3)CC2C4)c1. The summed E-state index contributed by atoms with van der Waals surface area (Å²) in [5, 5.41) is 13.6. The van der Waals surface area contributed by atoms with E-state index in [1.165, 1.54) is 32.1 Å². The molecule has 1 aromatic heterocycles. The summed E-state index contributed by atoms with van der Waals surface area (Å²) < 4.78 is 2.21. The van der Waals surface area contributed by atoms with Gasteiger partial charge in [-0.3, -0.25) is 4.68 Å². The lowest BCUT2D eigenvalue weighted by atomic mass is 9.54. The van der Waals surface area contributed by atoms with E-state index in [1.807, 2.05) is 6.20 Å². The Morgan fingerprint density at radius 1 is 1.20 bits per heavy atom. The van der Waals surface area contributed by atoms with Crippen LogP contribution in [0.5, 0.6) is 0 Å². The van der Waals surface area contributed by atoms with Crippen molar-refractivity contribution in [2.45, 2.75) is 50.6 Å². The van der Waals surface area contributed by atoms with Gasteiger partial charge in [-0.1, -0.05) is 0 Å². The van der Waals surface area contributed by atoms with Crippen molar-refractivity contribution < 1.29 is 5.11 Å². The van der Waals surface area contributed by atoms with Crippen LogP contribution < -0.4 is 5.73 Å². The summed E-state index contributed by atoms with van der Waals surface area (Å²) in [6.07, 6.45) is 11.8. The number of aliphatic hydroxyl groups excluding tert-OH is 1. The van der Waals surface area contributed by atoms with Crippen LogP contribution in [0.3, 0.4) is 0 Å². The molecule has 4 fully saturated rings. The predicted octanol–water partition coefficient (Wildman–Crippen LogP) is 2.26. The lowest BCUT2D eigenvalue weighted by molar-refractivity contribution is -0.0336. The molecule has 20 heavy (non-hydrogen) atoms. The molecule has 4 nitrogen and oxygen atoms in total. The first-order valence-corrected chi connectivity index (χ1v) is 8.15. The Labute approximate surface area is 120 Å². The Hall–Kier alpha value is -0.870. The van der Waals surface area contributed by atoms with Crippen LogP contribution in [0, 0.1) is 23.7 Å². The van der Waals surface area contributed by atoms with Crippen molar-refractivity contribution in [2.24, 2.45) is 29.4 Å². The summed E-state index contributed by atoms with van der Waals surface area (Å²) in [5.41, 5.74) is 7.16. The van der Waals surface area contributed by atoms with Crippen LogP contribution in [-0.2, 0) is 0 Å². The zero-order valence-corrected chi connectivity index (χ0v) is 12.0. The van der Waals surface area contributed by atoms with Crippen LogP contribution in [0.4, 0.5) is 0 Å². The molecule has 0 amide bonds. The maximum absolute atomic E-state index is 9.01. The standard InChI is InChI=1S/C16H25N3O/c17-15(1-2-20)14-8-18-19(9-14)16-12-4-10-3-11(6-12)7-13(16)5-10/h8-13,15-16,20H,1-7,17H2. The molecular formula is C16H25N3O. The average molecular weight is 275 g/mol. The Bertz CT molecular complexity index is 456. The monoisotopic (exact) mass is 275 g/mol. The number of nitrogens with zero attached hydrogens (tertiary/aromatic N) is 2. The second-order valence-electron chi connectivity index (χ2n) is 7.29. The molecule has 4 aliphatic rings. The van der Waals surface area contributed by atoms with E-state index < -0.39 is 0 Å². The average Bonchev–Trinajstić information content (AvgIpc) is 2.87. The molecule has 5 rings (SSSR count). The minimum atomic E-state index is -0.0782. The molecule has 4 saturated carbocycles. The highest BCUT2D eigenvalue weighted by Gasteiger charge is 2.49. The largest absolute Gasteiger partial charge is 0.396 e. The van der Waals surface area contributed by atoms with Crippen LogP contribution in [0.2, 0.25) is 0 Å². The molecule has 3 N–H and O–H groups in total. The van der Waals surface area contributed by atoms with Gasteiger partial charge in [0.25, 0.3) is 0 Å². The highest BCUT2D eigenvalue weighted by atomic mass is 16.3. The van der Waals surface area contributed by atoms with Crippen LogP contribution in [-0.4, -0.2) is 21.5 Å². The molecule has 0 aromatic carbocycles. The third kappa shape index (κ3) is 2.01. The molecule has 1 heterocycles. The maximum Gasteiger partial charge on any atom is 0.0576 e. The van der Waals surface area contributed by atoms with Crippen molar-refractivity contribution in [1.29, 1.82) is 0 Å². The van der Waals surface area contributed by atoms with Gasteiger partial charge in [0, 0.05) is 24.4 Å². The predicted molar refractivity (Wildman–Crippen MR) is 76.9 cm³/mol. The maximum atomic E-state index is 9.01. The van der Waals surface area contributed by atoms with Crippen molar-refractivity contribution in [3.05, 3.63) is 18.0 Å². The van der Waals surface area contributed by atoms with Gasteiger partial charge < -0.3 is 10.8 Å². The third-order valence-corrected chi connectivity index (χ3v) is 5.97. The van der Waals surface area contributed by atoms with Crippen LogP contribution in [0.25, 0.3) is 0 Å². The molecule has 0 radical (unpaired) electrons. The quantitative estimate of drug-likeness (QED) is 0.886. The Kier molecular flexibility index (Phi) is 3.11. The summed E-state index contributed by atoms with van der Waals surface area (Å²) >= 11 is 0. The van der Waals surface area contributed by atoms with Crippen LogP contribution in [0.15, 0.2) is 12.4 Å². The third-order valence-electron chi connectivity index (χ3n) is 5.97. The van der Waals surface area contributed by atoms with Gasteiger partial charge in [0.2, 0.25) is 0 Å². The summed E-state index contributed by atoms with van der Waals surface area (Å²) in [6.45, 7) is 0.143. The van der Waals surface area contributed by atoms with E-state index >= 15 is 0 Å². The van der Waals surface area contributed by atoms with Crippen molar-refractivity contribution in [1.82, 2.24) is 9.78 Å². The number of aromatic nitrogens is 2. The van der Waals surface area contributed by atoms with Gasteiger partial charge in [0.05, 0.1) is 12.2 Å². The van der Waals surface area contributed by atoms with Crippen molar-refractivity contribution >= 4 is 0 Å². The van der Waals surface area contributed by atoms with Gasteiger partial charge in [0.15, 0.2) is 0 Å². The zero-order chi connectivity index (χ0) is 13.7. The van der Waals surface area contributed by atoms with Crippen LogP contribution in [0.1, 0.15) is 56.2 Å². The molecule has 4 heteroatoms.